The van der Waals surface area contributed by atoms with E-state index in [0.29, 0.717) is 0 Å². The van der Waals surface area contributed by atoms with Gasteiger partial charge < -0.3 is 0 Å². The van der Waals surface area contributed by atoms with E-state index in [1.54, 1.807) is 5.56 Å². The summed E-state index contributed by atoms with van der Waals surface area (Å²) in [4.78, 5) is 0. The number of hydrogen-bond acceptors (Lipinski definition) is 0. The number of rotatable bonds is 8. The second kappa shape index (κ2) is 8.85. The third-order valence-corrected chi connectivity index (χ3v) is 5.94. The molecule has 0 aromatic heterocycles. The first-order chi connectivity index (χ1) is 12.3. The van der Waals surface area contributed by atoms with Gasteiger partial charge in [0.25, 0.3) is 0 Å². The molecule has 0 N–H and O–H groups in total. The smallest absolute Gasteiger partial charge is 0.0256 e. The summed E-state index contributed by atoms with van der Waals surface area (Å²) in [6.07, 6.45) is 10.0. The van der Waals surface area contributed by atoms with E-state index in [4.69, 9.17) is 0 Å². The topological polar surface area (TPSA) is 0 Å². The van der Waals surface area contributed by atoms with Gasteiger partial charge in [-0.2, -0.15) is 0 Å². The lowest BCUT2D eigenvalue weighted by molar-refractivity contribution is 0.719. The van der Waals surface area contributed by atoms with Crippen molar-refractivity contribution in [2.24, 2.45) is 0 Å². The van der Waals surface area contributed by atoms with Gasteiger partial charge in [-0.05, 0) is 64.4 Å². The quantitative estimate of drug-likeness (QED) is 0.265. The van der Waals surface area contributed by atoms with E-state index >= 15 is 0 Å². The molecule has 3 rings (SSSR count). The lowest BCUT2D eigenvalue weighted by Gasteiger charge is -2.18. The van der Waals surface area contributed by atoms with Gasteiger partial charge in [0, 0.05) is 4.47 Å². The SMILES string of the molecule is CCCCCc1c2ccccc2c(CCCCC)c2c(Br)cccc12. The second-order valence-corrected chi connectivity index (χ2v) is 7.93. The maximum atomic E-state index is 3.86. The Bertz CT molecular complexity index is 847. The van der Waals surface area contributed by atoms with Crippen molar-refractivity contribution in [3.63, 3.8) is 0 Å². The van der Waals surface area contributed by atoms with Crippen molar-refractivity contribution >= 4 is 37.5 Å². The highest BCUT2D eigenvalue weighted by molar-refractivity contribution is 9.10. The largest absolute Gasteiger partial charge is 0.0654 e. The van der Waals surface area contributed by atoms with Gasteiger partial charge in [-0.15, -0.1) is 0 Å². The highest BCUT2D eigenvalue weighted by Gasteiger charge is 2.15. The Morgan fingerprint density at radius 1 is 0.640 bits per heavy atom. The van der Waals surface area contributed by atoms with E-state index in [1.807, 2.05) is 0 Å². The molecule has 0 aliphatic carbocycles. The minimum Gasteiger partial charge on any atom is -0.0654 e. The number of fused-ring (bicyclic) bond motifs is 2. The molecular formula is C24H29Br. The van der Waals surface area contributed by atoms with Crippen molar-refractivity contribution in [2.75, 3.05) is 0 Å². The highest BCUT2D eigenvalue weighted by Crippen LogP contribution is 2.38. The first-order valence-electron chi connectivity index (χ1n) is 9.88. The summed E-state index contributed by atoms with van der Waals surface area (Å²) in [5.74, 6) is 0. The molecule has 0 radical (unpaired) electrons. The Labute approximate surface area is 160 Å². The van der Waals surface area contributed by atoms with Gasteiger partial charge in [-0.3, -0.25) is 0 Å². The van der Waals surface area contributed by atoms with Gasteiger partial charge in [0.1, 0.15) is 0 Å². The molecular weight excluding hydrogens is 368 g/mol. The van der Waals surface area contributed by atoms with Crippen molar-refractivity contribution in [1.29, 1.82) is 0 Å². The number of benzene rings is 3. The zero-order chi connectivity index (χ0) is 17.6. The maximum Gasteiger partial charge on any atom is 0.0256 e. The summed E-state index contributed by atoms with van der Waals surface area (Å²) in [5, 5.41) is 5.83. The van der Waals surface area contributed by atoms with Crippen molar-refractivity contribution < 1.29 is 0 Å². The Morgan fingerprint density at radius 3 is 1.84 bits per heavy atom. The normalized spacial score (nSPS) is 11.5. The van der Waals surface area contributed by atoms with Crippen LogP contribution in [-0.4, -0.2) is 0 Å². The van der Waals surface area contributed by atoms with Crippen LogP contribution in [0.2, 0.25) is 0 Å². The fraction of sp³-hybridized carbons (Fsp3) is 0.417. The van der Waals surface area contributed by atoms with E-state index in [-0.39, 0.29) is 0 Å². The summed E-state index contributed by atoms with van der Waals surface area (Å²) < 4.78 is 1.25. The van der Waals surface area contributed by atoms with E-state index in [2.05, 4.69) is 72.2 Å². The first kappa shape index (κ1) is 18.5. The number of halogens is 1. The van der Waals surface area contributed by atoms with E-state index in [1.165, 1.54) is 82.9 Å². The van der Waals surface area contributed by atoms with E-state index in [0.717, 1.165) is 0 Å². The van der Waals surface area contributed by atoms with Crippen molar-refractivity contribution in [3.05, 3.63) is 58.1 Å². The van der Waals surface area contributed by atoms with Crippen LogP contribution in [0, 0.1) is 0 Å². The van der Waals surface area contributed by atoms with Gasteiger partial charge in [-0.25, -0.2) is 0 Å². The third kappa shape index (κ3) is 3.92. The minimum absolute atomic E-state index is 1.17. The van der Waals surface area contributed by atoms with Crippen molar-refractivity contribution in [3.8, 4) is 0 Å². The standard InChI is InChI=1S/C24H29Br/c1-3-5-7-12-19-18-13-9-10-14-20(18)21(15-8-6-4-2)24-22(19)16-11-17-23(24)25/h9-11,13-14,16-17H,3-8,12,15H2,1-2H3. The predicted octanol–water partition coefficient (Wildman–Crippen LogP) is 8.22. The van der Waals surface area contributed by atoms with Crippen LogP contribution in [-0.2, 0) is 12.8 Å². The lowest BCUT2D eigenvalue weighted by atomic mass is 9.87. The summed E-state index contributed by atoms with van der Waals surface area (Å²) in [6.45, 7) is 4.56. The predicted molar refractivity (Wildman–Crippen MR) is 116 cm³/mol. The van der Waals surface area contributed by atoms with E-state index < -0.39 is 0 Å². The molecule has 0 saturated carbocycles. The van der Waals surface area contributed by atoms with Crippen LogP contribution < -0.4 is 0 Å². The Morgan fingerprint density at radius 2 is 1.20 bits per heavy atom. The highest BCUT2D eigenvalue weighted by atomic mass is 79.9. The molecule has 1 heteroatoms. The molecule has 0 atom stereocenters. The minimum atomic E-state index is 1.17. The summed E-state index contributed by atoms with van der Waals surface area (Å²) in [5.41, 5.74) is 3.07. The molecule has 3 aromatic carbocycles. The Balaban J connectivity index is 2.23. The van der Waals surface area contributed by atoms with Crippen LogP contribution in [0.3, 0.4) is 0 Å². The molecule has 0 nitrogen and oxygen atoms in total. The van der Waals surface area contributed by atoms with Gasteiger partial charge in [0.05, 0.1) is 0 Å². The molecule has 3 aromatic rings. The second-order valence-electron chi connectivity index (χ2n) is 7.08. The Hall–Kier alpha value is -1.34. The van der Waals surface area contributed by atoms with Crippen molar-refractivity contribution in [2.45, 2.75) is 65.2 Å². The number of hydrogen-bond donors (Lipinski definition) is 0. The molecule has 0 saturated heterocycles. The average Bonchev–Trinajstić information content (AvgIpc) is 2.63. The van der Waals surface area contributed by atoms with Gasteiger partial charge >= 0.3 is 0 Å². The van der Waals surface area contributed by atoms with Crippen LogP contribution in [0.15, 0.2) is 46.9 Å². The maximum absolute atomic E-state index is 3.86. The van der Waals surface area contributed by atoms with Gasteiger partial charge in [0.2, 0.25) is 0 Å². The molecule has 0 fully saturated rings. The van der Waals surface area contributed by atoms with E-state index in [9.17, 15) is 0 Å². The molecule has 132 valence electrons. The fourth-order valence-electron chi connectivity index (χ4n) is 4.00. The third-order valence-electron chi connectivity index (χ3n) is 5.28. The number of unbranched alkanes of at least 4 members (excludes halogenated alkanes) is 4. The Kier molecular flexibility index (Phi) is 6.53. The van der Waals surface area contributed by atoms with Crippen LogP contribution in [0.4, 0.5) is 0 Å². The molecule has 0 spiro atoms. The van der Waals surface area contributed by atoms with Crippen LogP contribution in [0.5, 0.6) is 0 Å². The first-order valence-corrected chi connectivity index (χ1v) is 10.7. The van der Waals surface area contributed by atoms with Crippen LogP contribution >= 0.6 is 15.9 Å². The molecule has 0 unspecified atom stereocenters. The van der Waals surface area contributed by atoms with Gasteiger partial charge in [-0.1, -0.05) is 91.9 Å². The van der Waals surface area contributed by atoms with Crippen LogP contribution in [0.1, 0.15) is 63.5 Å². The van der Waals surface area contributed by atoms with Crippen molar-refractivity contribution in [1.82, 2.24) is 0 Å². The van der Waals surface area contributed by atoms with Gasteiger partial charge in [0.15, 0.2) is 0 Å². The zero-order valence-electron chi connectivity index (χ0n) is 15.6. The molecule has 0 aliphatic heterocycles. The molecule has 0 amide bonds. The molecule has 0 heterocycles. The molecule has 0 aliphatic rings. The monoisotopic (exact) mass is 396 g/mol. The summed E-state index contributed by atoms with van der Waals surface area (Å²) in [7, 11) is 0. The average molecular weight is 397 g/mol. The zero-order valence-corrected chi connectivity index (χ0v) is 17.2. The fourth-order valence-corrected chi connectivity index (χ4v) is 4.61. The summed E-state index contributed by atoms with van der Waals surface area (Å²) in [6, 6.07) is 15.8. The molecule has 0 bridgehead atoms. The number of aryl methyl sites for hydroxylation is 2. The lowest BCUT2D eigenvalue weighted by Crippen LogP contribution is -1.97. The summed E-state index contributed by atoms with van der Waals surface area (Å²) >= 11 is 3.86. The van der Waals surface area contributed by atoms with Crippen LogP contribution in [0.25, 0.3) is 21.5 Å². The molecule has 25 heavy (non-hydrogen) atoms.